The first-order chi connectivity index (χ1) is 12.0. The number of hydrogen-bond acceptors (Lipinski definition) is 6. The standard InChI is InChI=1S/C17H21ClN4O3/c1-11-9-14(22-17(20-11)19-7-4-8-24-2)16(23)21-13-10-12(18)5-6-15(13)25-3/h5-6,9-10H,4,7-8H2,1-3H3,(H,21,23)(H,19,20,22). The molecule has 1 heterocycles. The number of aryl methyl sites for hydroxylation is 1. The number of halogens is 1. The summed E-state index contributed by atoms with van der Waals surface area (Å²) in [6.07, 6.45) is 0.815. The largest absolute Gasteiger partial charge is 0.495 e. The van der Waals surface area contributed by atoms with Crippen molar-refractivity contribution in [1.29, 1.82) is 0 Å². The summed E-state index contributed by atoms with van der Waals surface area (Å²) in [6, 6.07) is 6.61. The number of hydrogen-bond donors (Lipinski definition) is 2. The Morgan fingerprint density at radius 2 is 2.04 bits per heavy atom. The lowest BCUT2D eigenvalue weighted by molar-refractivity contribution is 0.102. The molecular formula is C17H21ClN4O3. The summed E-state index contributed by atoms with van der Waals surface area (Å²) >= 11 is 5.98. The summed E-state index contributed by atoms with van der Waals surface area (Å²) in [7, 11) is 3.17. The van der Waals surface area contributed by atoms with Crippen molar-refractivity contribution in [3.05, 3.63) is 40.7 Å². The van der Waals surface area contributed by atoms with E-state index in [0.29, 0.717) is 41.3 Å². The van der Waals surface area contributed by atoms with Gasteiger partial charge in [0, 0.05) is 31.0 Å². The van der Waals surface area contributed by atoms with Crippen LogP contribution in [-0.2, 0) is 4.74 Å². The molecule has 1 aromatic heterocycles. The van der Waals surface area contributed by atoms with E-state index < -0.39 is 0 Å². The van der Waals surface area contributed by atoms with Crippen LogP contribution in [0, 0.1) is 6.92 Å². The van der Waals surface area contributed by atoms with Gasteiger partial charge < -0.3 is 20.1 Å². The third-order valence-corrected chi connectivity index (χ3v) is 3.54. The number of aromatic nitrogens is 2. The molecule has 0 aliphatic heterocycles. The fraction of sp³-hybridized carbons (Fsp3) is 0.353. The van der Waals surface area contributed by atoms with Gasteiger partial charge in [0.2, 0.25) is 5.95 Å². The normalized spacial score (nSPS) is 10.4. The Labute approximate surface area is 151 Å². The molecule has 8 heteroatoms. The molecule has 2 N–H and O–H groups in total. The van der Waals surface area contributed by atoms with Gasteiger partial charge in [0.25, 0.3) is 5.91 Å². The van der Waals surface area contributed by atoms with Crippen molar-refractivity contribution < 1.29 is 14.3 Å². The topological polar surface area (TPSA) is 85.4 Å². The Bertz CT molecular complexity index is 740. The summed E-state index contributed by atoms with van der Waals surface area (Å²) in [4.78, 5) is 21.1. The van der Waals surface area contributed by atoms with Crippen LogP contribution >= 0.6 is 11.6 Å². The molecule has 7 nitrogen and oxygen atoms in total. The van der Waals surface area contributed by atoms with Crippen LogP contribution in [0.2, 0.25) is 5.02 Å². The lowest BCUT2D eigenvalue weighted by Gasteiger charge is -2.11. The average Bonchev–Trinajstić information content (AvgIpc) is 2.58. The molecular weight excluding hydrogens is 344 g/mol. The van der Waals surface area contributed by atoms with Crippen molar-refractivity contribution >= 4 is 29.1 Å². The molecule has 0 radical (unpaired) electrons. The van der Waals surface area contributed by atoms with Crippen molar-refractivity contribution in [2.24, 2.45) is 0 Å². The summed E-state index contributed by atoms with van der Waals surface area (Å²) in [5, 5.41) is 6.34. The maximum atomic E-state index is 12.5. The number of ether oxygens (including phenoxy) is 2. The van der Waals surface area contributed by atoms with E-state index in [1.807, 2.05) is 0 Å². The summed E-state index contributed by atoms with van der Waals surface area (Å²) in [5.41, 5.74) is 1.42. The van der Waals surface area contributed by atoms with Crippen LogP contribution in [0.3, 0.4) is 0 Å². The van der Waals surface area contributed by atoms with Crippen LogP contribution in [0.25, 0.3) is 0 Å². The molecule has 0 saturated heterocycles. The van der Waals surface area contributed by atoms with E-state index in [0.717, 1.165) is 6.42 Å². The number of methoxy groups -OCH3 is 2. The zero-order chi connectivity index (χ0) is 18.2. The Morgan fingerprint density at radius 1 is 1.24 bits per heavy atom. The third-order valence-electron chi connectivity index (χ3n) is 3.30. The van der Waals surface area contributed by atoms with Gasteiger partial charge in [0.15, 0.2) is 0 Å². The fourth-order valence-electron chi connectivity index (χ4n) is 2.14. The molecule has 0 saturated carbocycles. The number of carbonyl (C=O) groups is 1. The molecule has 0 fully saturated rings. The minimum Gasteiger partial charge on any atom is -0.495 e. The summed E-state index contributed by atoms with van der Waals surface area (Å²) in [6.45, 7) is 3.10. The van der Waals surface area contributed by atoms with E-state index in [2.05, 4.69) is 20.6 Å². The first kappa shape index (κ1) is 19.0. The maximum Gasteiger partial charge on any atom is 0.274 e. The number of nitrogens with zero attached hydrogens (tertiary/aromatic N) is 2. The second-order valence-corrected chi connectivity index (χ2v) is 5.73. The molecule has 0 spiro atoms. The Kier molecular flexibility index (Phi) is 6.97. The van der Waals surface area contributed by atoms with Gasteiger partial charge in [-0.2, -0.15) is 0 Å². The molecule has 1 amide bonds. The van der Waals surface area contributed by atoms with E-state index in [4.69, 9.17) is 21.1 Å². The van der Waals surface area contributed by atoms with Crippen LogP contribution < -0.4 is 15.4 Å². The van der Waals surface area contributed by atoms with E-state index in [1.165, 1.54) is 7.11 Å². The van der Waals surface area contributed by atoms with Crippen LogP contribution in [0.5, 0.6) is 5.75 Å². The van der Waals surface area contributed by atoms with Gasteiger partial charge in [0.05, 0.1) is 12.8 Å². The molecule has 134 valence electrons. The maximum absolute atomic E-state index is 12.5. The Hall–Kier alpha value is -2.38. The average molecular weight is 365 g/mol. The van der Waals surface area contributed by atoms with Gasteiger partial charge in [0.1, 0.15) is 11.4 Å². The molecule has 1 aromatic carbocycles. The number of rotatable bonds is 8. The number of carbonyl (C=O) groups excluding carboxylic acids is 1. The van der Waals surface area contributed by atoms with Gasteiger partial charge in [-0.15, -0.1) is 0 Å². The molecule has 0 unspecified atom stereocenters. The predicted octanol–water partition coefficient (Wildman–Crippen LogP) is 3.15. The molecule has 2 aromatic rings. The molecule has 2 rings (SSSR count). The van der Waals surface area contributed by atoms with E-state index in [-0.39, 0.29) is 11.6 Å². The highest BCUT2D eigenvalue weighted by atomic mass is 35.5. The highest BCUT2D eigenvalue weighted by Gasteiger charge is 2.13. The van der Waals surface area contributed by atoms with E-state index >= 15 is 0 Å². The second-order valence-electron chi connectivity index (χ2n) is 5.29. The lowest BCUT2D eigenvalue weighted by atomic mass is 10.2. The van der Waals surface area contributed by atoms with Crippen molar-refractivity contribution in [1.82, 2.24) is 9.97 Å². The quantitative estimate of drug-likeness (QED) is 0.700. The van der Waals surface area contributed by atoms with Crippen LogP contribution in [0.4, 0.5) is 11.6 Å². The molecule has 25 heavy (non-hydrogen) atoms. The van der Waals surface area contributed by atoms with Crippen LogP contribution in [-0.4, -0.2) is 43.2 Å². The van der Waals surface area contributed by atoms with Gasteiger partial charge in [-0.05, 0) is 37.6 Å². The molecule has 0 aliphatic carbocycles. The Morgan fingerprint density at radius 3 is 2.76 bits per heavy atom. The molecule has 0 atom stereocenters. The van der Waals surface area contributed by atoms with Crippen molar-refractivity contribution in [2.45, 2.75) is 13.3 Å². The molecule has 0 aliphatic rings. The third kappa shape index (κ3) is 5.58. The first-order valence-corrected chi connectivity index (χ1v) is 8.14. The minimum atomic E-state index is -0.369. The van der Waals surface area contributed by atoms with Gasteiger partial charge in [-0.25, -0.2) is 9.97 Å². The van der Waals surface area contributed by atoms with E-state index in [9.17, 15) is 4.79 Å². The SMILES string of the molecule is COCCCNc1nc(C)cc(C(=O)Nc2cc(Cl)ccc2OC)n1. The number of amides is 1. The number of nitrogens with one attached hydrogen (secondary N) is 2. The van der Waals surface area contributed by atoms with Gasteiger partial charge >= 0.3 is 0 Å². The van der Waals surface area contributed by atoms with Crippen molar-refractivity contribution in [3.63, 3.8) is 0 Å². The minimum absolute atomic E-state index is 0.253. The lowest BCUT2D eigenvalue weighted by Crippen LogP contribution is -2.17. The van der Waals surface area contributed by atoms with Crippen molar-refractivity contribution in [3.8, 4) is 5.75 Å². The zero-order valence-electron chi connectivity index (χ0n) is 14.4. The second kappa shape index (κ2) is 9.19. The number of anilines is 2. The van der Waals surface area contributed by atoms with E-state index in [1.54, 1.807) is 38.3 Å². The molecule has 0 bridgehead atoms. The predicted molar refractivity (Wildman–Crippen MR) is 97.7 cm³/mol. The summed E-state index contributed by atoms with van der Waals surface area (Å²) in [5.74, 6) is 0.548. The van der Waals surface area contributed by atoms with Crippen LogP contribution in [0.1, 0.15) is 22.6 Å². The highest BCUT2D eigenvalue weighted by molar-refractivity contribution is 6.31. The number of benzene rings is 1. The zero-order valence-corrected chi connectivity index (χ0v) is 15.2. The van der Waals surface area contributed by atoms with Crippen molar-refractivity contribution in [2.75, 3.05) is 38.0 Å². The Balaban J connectivity index is 2.13. The monoisotopic (exact) mass is 364 g/mol. The summed E-state index contributed by atoms with van der Waals surface area (Å²) < 4.78 is 10.2. The van der Waals surface area contributed by atoms with Gasteiger partial charge in [-0.3, -0.25) is 4.79 Å². The van der Waals surface area contributed by atoms with Gasteiger partial charge in [-0.1, -0.05) is 11.6 Å². The van der Waals surface area contributed by atoms with Crippen LogP contribution in [0.15, 0.2) is 24.3 Å². The first-order valence-electron chi connectivity index (χ1n) is 7.77. The smallest absolute Gasteiger partial charge is 0.274 e. The fourth-order valence-corrected chi connectivity index (χ4v) is 2.32. The highest BCUT2D eigenvalue weighted by Crippen LogP contribution is 2.28.